The summed E-state index contributed by atoms with van der Waals surface area (Å²) >= 11 is 0. The highest BCUT2D eigenvalue weighted by Gasteiger charge is 2.31. The quantitative estimate of drug-likeness (QED) is 0.589. The zero-order valence-electron chi connectivity index (χ0n) is 16.2. The molecular weight excluding hydrogens is 407 g/mol. The molecule has 2 amide bonds. The molecule has 31 heavy (non-hydrogen) atoms. The Hall–Kier alpha value is -3.86. The predicted octanol–water partition coefficient (Wildman–Crippen LogP) is 3.84. The number of benzene rings is 3. The molecule has 0 aliphatic carbocycles. The van der Waals surface area contributed by atoms with Crippen LogP contribution in [0, 0.1) is 11.3 Å². The van der Waals surface area contributed by atoms with Gasteiger partial charge < -0.3 is 10.6 Å². The minimum absolute atomic E-state index is 0.104. The van der Waals surface area contributed by atoms with E-state index in [1.807, 2.05) is 42.5 Å². The smallest absolute Gasteiger partial charge is 0.341 e. The fraction of sp³-hybridized carbons (Fsp3) is 0.174. The van der Waals surface area contributed by atoms with Crippen LogP contribution in [0.1, 0.15) is 21.5 Å². The molecule has 3 aromatic rings. The van der Waals surface area contributed by atoms with Crippen molar-refractivity contribution in [3.63, 3.8) is 0 Å². The van der Waals surface area contributed by atoms with Crippen molar-refractivity contribution in [1.82, 2.24) is 10.6 Å². The van der Waals surface area contributed by atoms with Gasteiger partial charge in [0.05, 0.1) is 11.6 Å². The van der Waals surface area contributed by atoms with Gasteiger partial charge in [-0.1, -0.05) is 48.5 Å². The maximum Gasteiger partial charge on any atom is 0.416 e. The second-order valence-electron chi connectivity index (χ2n) is 6.87. The van der Waals surface area contributed by atoms with E-state index in [0.717, 1.165) is 34.5 Å². The van der Waals surface area contributed by atoms with Crippen LogP contribution in [-0.2, 0) is 17.4 Å². The molecule has 1 atom stereocenters. The van der Waals surface area contributed by atoms with Crippen molar-refractivity contribution in [2.24, 2.45) is 0 Å². The Bertz CT molecular complexity index is 1150. The highest BCUT2D eigenvalue weighted by molar-refractivity contribution is 5.98. The number of nitriles is 1. The largest absolute Gasteiger partial charge is 0.416 e. The van der Waals surface area contributed by atoms with Crippen LogP contribution in [0.25, 0.3) is 10.8 Å². The molecule has 0 aliphatic rings. The van der Waals surface area contributed by atoms with E-state index in [1.165, 1.54) is 6.07 Å². The molecule has 2 N–H and O–H groups in total. The summed E-state index contributed by atoms with van der Waals surface area (Å²) in [6.45, 7) is -0.257. The molecular formula is C23H18F3N3O2. The molecule has 0 saturated heterocycles. The first-order chi connectivity index (χ1) is 14.8. The fourth-order valence-corrected chi connectivity index (χ4v) is 3.14. The third kappa shape index (κ3) is 5.60. The maximum atomic E-state index is 13.0. The normalized spacial score (nSPS) is 12.1. The number of fused-ring (bicyclic) bond motifs is 1. The van der Waals surface area contributed by atoms with E-state index < -0.39 is 29.6 Å². The Kier molecular flexibility index (Phi) is 6.55. The number of carbonyl (C=O) groups excluding carboxylic acids is 2. The molecule has 0 radical (unpaired) electrons. The topological polar surface area (TPSA) is 82.0 Å². The average Bonchev–Trinajstić information content (AvgIpc) is 2.76. The van der Waals surface area contributed by atoms with Gasteiger partial charge in [-0.3, -0.25) is 9.59 Å². The number of hydrogen-bond donors (Lipinski definition) is 2. The highest BCUT2D eigenvalue weighted by Crippen LogP contribution is 2.29. The van der Waals surface area contributed by atoms with Crippen molar-refractivity contribution < 1.29 is 22.8 Å². The number of alkyl halides is 3. The molecule has 0 aromatic heterocycles. The highest BCUT2D eigenvalue weighted by atomic mass is 19.4. The number of halogens is 3. The Morgan fingerprint density at radius 3 is 2.42 bits per heavy atom. The van der Waals surface area contributed by atoms with E-state index in [2.05, 4.69) is 10.6 Å². The Morgan fingerprint density at radius 1 is 0.968 bits per heavy atom. The first-order valence-corrected chi connectivity index (χ1v) is 9.38. The first-order valence-electron chi connectivity index (χ1n) is 9.38. The van der Waals surface area contributed by atoms with Gasteiger partial charge in [0.2, 0.25) is 5.91 Å². The lowest BCUT2D eigenvalue weighted by atomic mass is 10.0. The number of nitrogens with one attached hydrogen (secondary N) is 2. The Morgan fingerprint density at radius 2 is 1.71 bits per heavy atom. The van der Waals surface area contributed by atoms with Crippen molar-refractivity contribution in [3.05, 3.63) is 83.4 Å². The summed E-state index contributed by atoms with van der Waals surface area (Å²) in [5, 5.41) is 15.5. The summed E-state index contributed by atoms with van der Waals surface area (Å²) in [5.41, 5.74) is -0.424. The van der Waals surface area contributed by atoms with Gasteiger partial charge in [-0.05, 0) is 34.5 Å². The summed E-state index contributed by atoms with van der Waals surface area (Å²) in [6, 6.07) is 17.9. The summed E-state index contributed by atoms with van der Waals surface area (Å²) < 4.78 is 38.9. The van der Waals surface area contributed by atoms with Crippen molar-refractivity contribution >= 4 is 22.6 Å². The number of rotatable bonds is 6. The van der Waals surface area contributed by atoms with Gasteiger partial charge in [0.25, 0.3) is 5.91 Å². The van der Waals surface area contributed by atoms with Crippen molar-refractivity contribution in [1.29, 1.82) is 5.26 Å². The average molecular weight is 425 g/mol. The number of carbonyl (C=O) groups is 2. The van der Waals surface area contributed by atoms with Gasteiger partial charge in [-0.2, -0.15) is 18.4 Å². The van der Waals surface area contributed by atoms with Crippen molar-refractivity contribution in [2.45, 2.75) is 18.6 Å². The van der Waals surface area contributed by atoms with Crippen LogP contribution in [0.3, 0.4) is 0 Å². The summed E-state index contributed by atoms with van der Waals surface area (Å²) in [6.07, 6.45) is -4.49. The van der Waals surface area contributed by atoms with Gasteiger partial charge >= 0.3 is 6.18 Å². The Balaban J connectivity index is 1.84. The summed E-state index contributed by atoms with van der Waals surface area (Å²) in [7, 11) is 0. The van der Waals surface area contributed by atoms with E-state index in [1.54, 1.807) is 6.07 Å². The molecule has 3 aromatic carbocycles. The van der Waals surface area contributed by atoms with Gasteiger partial charge in [0.1, 0.15) is 12.6 Å². The molecule has 0 saturated carbocycles. The second-order valence-corrected chi connectivity index (χ2v) is 6.87. The lowest BCUT2D eigenvalue weighted by Crippen LogP contribution is -2.48. The lowest BCUT2D eigenvalue weighted by Gasteiger charge is -2.19. The van der Waals surface area contributed by atoms with Crippen molar-refractivity contribution in [3.8, 4) is 6.07 Å². The molecule has 5 nitrogen and oxygen atoms in total. The minimum atomic E-state index is -4.59. The van der Waals surface area contributed by atoms with E-state index in [-0.39, 0.29) is 18.5 Å². The third-order valence-electron chi connectivity index (χ3n) is 4.67. The molecule has 8 heteroatoms. The van der Waals surface area contributed by atoms with E-state index in [9.17, 15) is 22.8 Å². The number of nitrogens with zero attached hydrogens (tertiary/aromatic N) is 1. The molecule has 0 spiro atoms. The molecule has 0 fully saturated rings. The molecule has 158 valence electrons. The summed E-state index contributed by atoms with van der Waals surface area (Å²) in [5.74, 6) is -1.42. The van der Waals surface area contributed by atoms with Crippen LogP contribution >= 0.6 is 0 Å². The fourth-order valence-electron chi connectivity index (χ4n) is 3.14. The van der Waals surface area contributed by atoms with Gasteiger partial charge in [-0.25, -0.2) is 0 Å². The molecule has 3 rings (SSSR count). The zero-order valence-corrected chi connectivity index (χ0v) is 16.2. The number of amides is 2. The molecule has 0 heterocycles. The van der Waals surface area contributed by atoms with Gasteiger partial charge in [-0.15, -0.1) is 0 Å². The van der Waals surface area contributed by atoms with Gasteiger partial charge in [0, 0.05) is 12.0 Å². The predicted molar refractivity (Wildman–Crippen MR) is 109 cm³/mol. The Labute approximate surface area is 176 Å². The van der Waals surface area contributed by atoms with E-state index in [4.69, 9.17) is 5.26 Å². The van der Waals surface area contributed by atoms with Crippen LogP contribution in [-0.4, -0.2) is 24.4 Å². The molecule has 0 bridgehead atoms. The molecule has 1 unspecified atom stereocenters. The lowest BCUT2D eigenvalue weighted by molar-refractivity contribution is -0.137. The molecule has 0 aliphatic heterocycles. The SMILES string of the molecule is N#CCNC(=O)C(Cc1ccc2ccccc2c1)NC(=O)c1cccc(C(F)(F)F)c1. The van der Waals surface area contributed by atoms with Crippen LogP contribution in [0.5, 0.6) is 0 Å². The van der Waals surface area contributed by atoms with E-state index >= 15 is 0 Å². The van der Waals surface area contributed by atoms with Crippen LogP contribution in [0.2, 0.25) is 0 Å². The summed E-state index contributed by atoms with van der Waals surface area (Å²) in [4.78, 5) is 25.1. The zero-order chi connectivity index (χ0) is 22.4. The third-order valence-corrected chi connectivity index (χ3v) is 4.67. The van der Waals surface area contributed by atoms with Crippen LogP contribution < -0.4 is 10.6 Å². The van der Waals surface area contributed by atoms with Crippen LogP contribution in [0.4, 0.5) is 13.2 Å². The van der Waals surface area contributed by atoms with E-state index in [0.29, 0.717) is 0 Å². The standard InChI is InChI=1S/C23H18F3N3O2/c24-23(25,26)19-7-3-6-18(14-19)21(30)29-20(22(31)28-11-10-27)13-15-8-9-16-4-1-2-5-17(16)12-15/h1-9,12,14,20H,11,13H2,(H,28,31)(H,29,30). The second kappa shape index (κ2) is 9.30. The monoisotopic (exact) mass is 425 g/mol. The maximum absolute atomic E-state index is 13.0. The van der Waals surface area contributed by atoms with Crippen LogP contribution in [0.15, 0.2) is 66.7 Å². The van der Waals surface area contributed by atoms with Crippen molar-refractivity contribution in [2.75, 3.05) is 6.54 Å². The minimum Gasteiger partial charge on any atom is -0.341 e. The first kappa shape index (κ1) is 21.8. The van der Waals surface area contributed by atoms with Gasteiger partial charge in [0.15, 0.2) is 0 Å². The number of hydrogen-bond acceptors (Lipinski definition) is 3.